The summed E-state index contributed by atoms with van der Waals surface area (Å²) in [5.74, 6) is -0.785. The third kappa shape index (κ3) is 3.60. The number of primary amides is 1. The quantitative estimate of drug-likeness (QED) is 0.577. The highest BCUT2D eigenvalue weighted by atomic mass is 35.5. The molecule has 0 aliphatic carbocycles. The zero-order chi connectivity index (χ0) is 17.8. The van der Waals surface area contributed by atoms with Crippen LogP contribution in [0.5, 0.6) is 0 Å². The van der Waals surface area contributed by atoms with Crippen molar-refractivity contribution in [2.45, 2.75) is 0 Å². The van der Waals surface area contributed by atoms with E-state index >= 15 is 0 Å². The van der Waals surface area contributed by atoms with E-state index in [-0.39, 0.29) is 5.57 Å². The van der Waals surface area contributed by atoms with Crippen molar-refractivity contribution in [2.75, 3.05) is 0 Å². The van der Waals surface area contributed by atoms with Gasteiger partial charge >= 0.3 is 0 Å². The summed E-state index contributed by atoms with van der Waals surface area (Å²) < 4.78 is 1.68. The van der Waals surface area contributed by atoms with Gasteiger partial charge in [0.05, 0.1) is 5.69 Å². The molecule has 2 aromatic carbocycles. The fourth-order valence-electron chi connectivity index (χ4n) is 2.38. The third-order valence-corrected chi connectivity index (χ3v) is 3.78. The van der Waals surface area contributed by atoms with E-state index in [0.29, 0.717) is 16.3 Å². The average Bonchev–Trinajstić information content (AvgIpc) is 3.04. The molecule has 0 spiro atoms. The second-order valence-electron chi connectivity index (χ2n) is 5.26. The van der Waals surface area contributed by atoms with Crippen LogP contribution in [0.4, 0.5) is 0 Å². The zero-order valence-electron chi connectivity index (χ0n) is 13.1. The lowest BCUT2D eigenvalue weighted by Gasteiger charge is -2.01. The molecule has 25 heavy (non-hydrogen) atoms. The predicted octanol–water partition coefficient (Wildman–Crippen LogP) is 3.58. The number of amides is 1. The molecular formula is C19H13ClN4O. The highest BCUT2D eigenvalue weighted by Gasteiger charge is 2.13. The van der Waals surface area contributed by atoms with E-state index in [2.05, 4.69) is 5.10 Å². The molecule has 2 N–H and O–H groups in total. The lowest BCUT2D eigenvalue weighted by atomic mass is 10.1. The van der Waals surface area contributed by atoms with Crippen LogP contribution in [0.2, 0.25) is 5.02 Å². The Morgan fingerprint density at radius 1 is 1.20 bits per heavy atom. The van der Waals surface area contributed by atoms with Crippen molar-refractivity contribution in [3.63, 3.8) is 0 Å². The Labute approximate surface area is 149 Å². The summed E-state index contributed by atoms with van der Waals surface area (Å²) in [4.78, 5) is 11.4. The van der Waals surface area contributed by atoms with E-state index in [1.165, 1.54) is 6.08 Å². The number of para-hydroxylation sites is 1. The average molecular weight is 349 g/mol. The molecular weight excluding hydrogens is 336 g/mol. The number of carbonyl (C=O) groups is 1. The van der Waals surface area contributed by atoms with Gasteiger partial charge in [-0.2, -0.15) is 10.4 Å². The first-order valence-electron chi connectivity index (χ1n) is 7.41. The van der Waals surface area contributed by atoms with E-state index in [1.54, 1.807) is 23.0 Å². The molecule has 0 bridgehead atoms. The summed E-state index contributed by atoms with van der Waals surface area (Å²) in [7, 11) is 0. The molecule has 0 atom stereocenters. The molecule has 1 aromatic heterocycles. The second-order valence-corrected chi connectivity index (χ2v) is 5.69. The third-order valence-electron chi connectivity index (χ3n) is 3.55. The van der Waals surface area contributed by atoms with Gasteiger partial charge < -0.3 is 5.73 Å². The number of aromatic nitrogens is 2. The molecule has 6 heteroatoms. The van der Waals surface area contributed by atoms with Gasteiger partial charge in [-0.3, -0.25) is 4.79 Å². The van der Waals surface area contributed by atoms with E-state index in [4.69, 9.17) is 22.6 Å². The normalized spacial score (nSPS) is 11.1. The number of hydrogen-bond acceptors (Lipinski definition) is 3. The predicted molar refractivity (Wildman–Crippen MR) is 96.8 cm³/mol. The standard InChI is InChI=1S/C19H13ClN4O/c20-16-6-4-5-13(10-16)18-15(9-14(11-21)19(22)25)12-24(23-18)17-7-2-1-3-8-17/h1-10,12H,(H2,22,25). The topological polar surface area (TPSA) is 84.7 Å². The number of benzene rings is 2. The van der Waals surface area contributed by atoms with Crippen LogP contribution in [0.15, 0.2) is 66.4 Å². The van der Waals surface area contributed by atoms with Gasteiger partial charge in [-0.1, -0.05) is 41.9 Å². The first-order chi connectivity index (χ1) is 12.1. The smallest absolute Gasteiger partial charge is 0.259 e. The van der Waals surface area contributed by atoms with E-state index in [9.17, 15) is 4.79 Å². The summed E-state index contributed by atoms with van der Waals surface area (Å²) in [6, 6.07) is 18.5. The zero-order valence-corrected chi connectivity index (χ0v) is 13.8. The molecule has 3 aromatic rings. The largest absolute Gasteiger partial charge is 0.365 e. The number of hydrogen-bond donors (Lipinski definition) is 1. The minimum atomic E-state index is -0.785. The van der Waals surface area contributed by atoms with Crippen molar-refractivity contribution >= 4 is 23.6 Å². The molecule has 5 nitrogen and oxygen atoms in total. The van der Waals surface area contributed by atoms with Gasteiger partial charge in [0, 0.05) is 22.3 Å². The lowest BCUT2D eigenvalue weighted by Crippen LogP contribution is -2.12. The Bertz CT molecular complexity index is 1000. The van der Waals surface area contributed by atoms with E-state index in [1.807, 2.05) is 48.5 Å². The Morgan fingerprint density at radius 3 is 2.60 bits per heavy atom. The molecule has 0 radical (unpaired) electrons. The van der Waals surface area contributed by atoms with Gasteiger partial charge in [0.25, 0.3) is 5.91 Å². The van der Waals surface area contributed by atoms with Crippen molar-refractivity contribution in [2.24, 2.45) is 5.73 Å². The molecule has 3 rings (SSSR count). The molecule has 122 valence electrons. The Hall–Kier alpha value is -3.36. The fraction of sp³-hybridized carbons (Fsp3) is 0. The van der Waals surface area contributed by atoms with E-state index in [0.717, 1.165) is 11.3 Å². The maximum atomic E-state index is 11.4. The summed E-state index contributed by atoms with van der Waals surface area (Å²) >= 11 is 6.08. The summed E-state index contributed by atoms with van der Waals surface area (Å²) in [6.07, 6.45) is 3.18. The van der Waals surface area contributed by atoms with E-state index < -0.39 is 5.91 Å². The molecule has 0 aliphatic rings. The highest BCUT2D eigenvalue weighted by Crippen LogP contribution is 2.27. The fourth-order valence-corrected chi connectivity index (χ4v) is 2.57. The second kappa shape index (κ2) is 7.04. The minimum Gasteiger partial charge on any atom is -0.365 e. The number of nitrogens with zero attached hydrogens (tertiary/aromatic N) is 3. The van der Waals surface area contributed by atoms with Crippen LogP contribution >= 0.6 is 11.6 Å². The lowest BCUT2D eigenvalue weighted by molar-refractivity contribution is -0.114. The molecule has 0 fully saturated rings. The van der Waals surface area contributed by atoms with Gasteiger partial charge in [0.15, 0.2) is 0 Å². The number of nitriles is 1. The van der Waals surface area contributed by atoms with Crippen LogP contribution in [0.1, 0.15) is 5.56 Å². The Balaban J connectivity index is 2.20. The van der Waals surface area contributed by atoms with Crippen molar-refractivity contribution < 1.29 is 4.79 Å². The van der Waals surface area contributed by atoms with Crippen LogP contribution in [-0.4, -0.2) is 15.7 Å². The maximum Gasteiger partial charge on any atom is 0.259 e. The van der Waals surface area contributed by atoms with Crippen LogP contribution in [0.25, 0.3) is 23.0 Å². The molecule has 0 saturated heterocycles. The maximum absolute atomic E-state index is 11.4. The summed E-state index contributed by atoms with van der Waals surface area (Å²) in [5.41, 5.74) is 7.92. The molecule has 0 saturated carbocycles. The van der Waals surface area contributed by atoms with Gasteiger partial charge in [0.2, 0.25) is 0 Å². The van der Waals surface area contributed by atoms with Gasteiger partial charge in [0.1, 0.15) is 17.3 Å². The van der Waals surface area contributed by atoms with Crippen molar-refractivity contribution in [3.8, 4) is 23.0 Å². The van der Waals surface area contributed by atoms with Crippen LogP contribution < -0.4 is 5.73 Å². The minimum absolute atomic E-state index is 0.143. The highest BCUT2D eigenvalue weighted by molar-refractivity contribution is 6.30. The van der Waals surface area contributed by atoms with Crippen LogP contribution in [0, 0.1) is 11.3 Å². The molecule has 1 heterocycles. The first kappa shape index (κ1) is 16.5. The molecule has 0 aliphatic heterocycles. The Morgan fingerprint density at radius 2 is 1.96 bits per heavy atom. The monoisotopic (exact) mass is 348 g/mol. The summed E-state index contributed by atoms with van der Waals surface area (Å²) in [5, 5.41) is 14.3. The number of nitrogens with two attached hydrogens (primary N) is 1. The SMILES string of the molecule is N#CC(=Cc1cn(-c2ccccc2)nc1-c1cccc(Cl)c1)C(N)=O. The molecule has 0 unspecified atom stereocenters. The van der Waals surface area contributed by atoms with Gasteiger partial charge in [-0.25, -0.2) is 4.68 Å². The number of carbonyl (C=O) groups excluding carboxylic acids is 1. The number of rotatable bonds is 4. The van der Waals surface area contributed by atoms with Gasteiger partial charge in [-0.05, 0) is 30.3 Å². The summed E-state index contributed by atoms with van der Waals surface area (Å²) in [6.45, 7) is 0. The first-order valence-corrected chi connectivity index (χ1v) is 7.79. The van der Waals surface area contributed by atoms with Crippen molar-refractivity contribution in [1.82, 2.24) is 9.78 Å². The molecule has 1 amide bonds. The van der Waals surface area contributed by atoms with Crippen LogP contribution in [-0.2, 0) is 4.79 Å². The number of halogens is 1. The van der Waals surface area contributed by atoms with Crippen LogP contribution in [0.3, 0.4) is 0 Å². The van der Waals surface area contributed by atoms with Gasteiger partial charge in [-0.15, -0.1) is 0 Å². The van der Waals surface area contributed by atoms with Crippen molar-refractivity contribution in [1.29, 1.82) is 5.26 Å². The Kier molecular flexibility index (Phi) is 4.64. The van der Waals surface area contributed by atoms with Crippen molar-refractivity contribution in [3.05, 3.63) is 77.0 Å².